The van der Waals surface area contributed by atoms with Crippen LogP contribution in [0.1, 0.15) is 18.7 Å². The van der Waals surface area contributed by atoms with Gasteiger partial charge in [0.2, 0.25) is 5.82 Å². The van der Waals surface area contributed by atoms with Gasteiger partial charge < -0.3 is 5.73 Å². The molecule has 2 N–H and O–H groups in total. The van der Waals surface area contributed by atoms with E-state index in [1.165, 1.54) is 4.80 Å². The van der Waals surface area contributed by atoms with E-state index in [4.69, 9.17) is 5.73 Å². The minimum absolute atomic E-state index is 0.183. The summed E-state index contributed by atoms with van der Waals surface area (Å²) in [4.78, 5) is 5.89. The fourth-order valence-electron chi connectivity index (χ4n) is 2.19. The van der Waals surface area contributed by atoms with Gasteiger partial charge in [0.25, 0.3) is 0 Å². The summed E-state index contributed by atoms with van der Waals surface area (Å²) in [5.74, 6) is 0.581. The van der Waals surface area contributed by atoms with Crippen LogP contribution in [-0.4, -0.2) is 31.2 Å². The number of tetrazole rings is 1. The summed E-state index contributed by atoms with van der Waals surface area (Å²) in [6, 6.07) is 15.0. The van der Waals surface area contributed by atoms with Crippen molar-refractivity contribution in [2.75, 3.05) is 0 Å². The summed E-state index contributed by atoms with van der Waals surface area (Å²) < 4.78 is 0. The number of nitrogens with two attached hydrogens (primary N) is 1. The number of rotatable bonds is 4. The third-order valence-electron chi connectivity index (χ3n) is 3.20. The van der Waals surface area contributed by atoms with Crippen molar-refractivity contribution < 1.29 is 0 Å². The van der Waals surface area contributed by atoms with Gasteiger partial charge in [0.05, 0.1) is 5.69 Å². The van der Waals surface area contributed by atoms with E-state index in [0.717, 1.165) is 11.3 Å². The average Bonchev–Trinajstić information content (AvgIpc) is 2.98. The van der Waals surface area contributed by atoms with Crippen LogP contribution in [0.2, 0.25) is 0 Å². The van der Waals surface area contributed by atoms with Crippen LogP contribution >= 0.6 is 0 Å². The van der Waals surface area contributed by atoms with Crippen LogP contribution < -0.4 is 5.73 Å². The minimum atomic E-state index is -0.240. The molecule has 2 unspecified atom stereocenters. The van der Waals surface area contributed by atoms with Crippen molar-refractivity contribution in [2.45, 2.75) is 19.0 Å². The number of nitrogens with zero attached hydrogens (tertiary/aromatic N) is 5. The molecule has 0 radical (unpaired) electrons. The minimum Gasteiger partial charge on any atom is -0.326 e. The Morgan fingerprint density at radius 2 is 1.81 bits per heavy atom. The lowest BCUT2D eigenvalue weighted by molar-refractivity contribution is 0.392. The zero-order chi connectivity index (χ0) is 14.7. The Kier molecular flexibility index (Phi) is 3.70. The fourth-order valence-corrected chi connectivity index (χ4v) is 2.19. The highest BCUT2D eigenvalue weighted by Crippen LogP contribution is 2.19. The molecule has 0 bridgehead atoms. The van der Waals surface area contributed by atoms with Gasteiger partial charge in [-0.3, -0.25) is 4.98 Å². The van der Waals surface area contributed by atoms with E-state index in [1.54, 1.807) is 6.20 Å². The second-order valence-electron chi connectivity index (χ2n) is 4.86. The van der Waals surface area contributed by atoms with Gasteiger partial charge in [-0.2, -0.15) is 4.80 Å². The van der Waals surface area contributed by atoms with E-state index in [2.05, 4.69) is 20.4 Å². The largest absolute Gasteiger partial charge is 0.326 e. The maximum atomic E-state index is 6.08. The molecule has 2 heterocycles. The number of aromatic nitrogens is 5. The van der Waals surface area contributed by atoms with Crippen molar-refractivity contribution in [3.63, 3.8) is 0 Å². The highest BCUT2D eigenvalue weighted by atomic mass is 15.6. The van der Waals surface area contributed by atoms with Crippen LogP contribution in [0, 0.1) is 0 Å². The molecule has 2 atom stereocenters. The summed E-state index contributed by atoms with van der Waals surface area (Å²) in [7, 11) is 0. The first-order valence-electron chi connectivity index (χ1n) is 6.77. The molecule has 106 valence electrons. The van der Waals surface area contributed by atoms with E-state index in [-0.39, 0.29) is 12.1 Å². The Morgan fingerprint density at radius 3 is 2.48 bits per heavy atom. The maximum absolute atomic E-state index is 6.08. The second kappa shape index (κ2) is 5.80. The van der Waals surface area contributed by atoms with Gasteiger partial charge in [0, 0.05) is 17.8 Å². The summed E-state index contributed by atoms with van der Waals surface area (Å²) in [5.41, 5.74) is 7.83. The molecule has 21 heavy (non-hydrogen) atoms. The molecular weight excluding hydrogens is 264 g/mol. The number of hydrogen-bond donors (Lipinski definition) is 1. The van der Waals surface area contributed by atoms with Gasteiger partial charge in [-0.05, 0) is 24.3 Å². The van der Waals surface area contributed by atoms with Crippen LogP contribution in [0.3, 0.4) is 0 Å². The predicted molar refractivity (Wildman–Crippen MR) is 79.3 cm³/mol. The molecule has 6 nitrogen and oxygen atoms in total. The molecule has 2 aromatic heterocycles. The number of hydrogen-bond acceptors (Lipinski definition) is 5. The maximum Gasteiger partial charge on any atom is 0.204 e. The molecule has 0 aliphatic rings. The fraction of sp³-hybridized carbons (Fsp3) is 0.200. The molecule has 0 saturated heterocycles. The monoisotopic (exact) mass is 280 g/mol. The first-order chi connectivity index (χ1) is 10.3. The molecule has 0 aliphatic heterocycles. The second-order valence-corrected chi connectivity index (χ2v) is 4.86. The van der Waals surface area contributed by atoms with Crippen molar-refractivity contribution in [3.8, 4) is 11.4 Å². The first-order valence-corrected chi connectivity index (χ1v) is 6.77. The predicted octanol–water partition coefficient (Wildman–Crippen LogP) is 1.67. The number of pyridine rings is 1. The van der Waals surface area contributed by atoms with Crippen molar-refractivity contribution >= 4 is 0 Å². The Hall–Kier alpha value is -2.60. The summed E-state index contributed by atoms with van der Waals surface area (Å²) >= 11 is 0. The molecular formula is C15H16N6. The first kappa shape index (κ1) is 13.4. The van der Waals surface area contributed by atoms with Crippen molar-refractivity contribution in [1.82, 2.24) is 25.2 Å². The van der Waals surface area contributed by atoms with Crippen molar-refractivity contribution in [3.05, 3.63) is 60.4 Å². The zero-order valence-corrected chi connectivity index (χ0v) is 11.7. The van der Waals surface area contributed by atoms with Gasteiger partial charge >= 0.3 is 0 Å². The Bertz CT molecular complexity index is 692. The lowest BCUT2D eigenvalue weighted by atomic mass is 10.1. The van der Waals surface area contributed by atoms with E-state index in [1.807, 2.05) is 55.5 Å². The highest BCUT2D eigenvalue weighted by molar-refractivity contribution is 5.53. The zero-order valence-electron chi connectivity index (χ0n) is 11.7. The lowest BCUT2D eigenvalue weighted by Gasteiger charge is -2.18. The molecule has 3 rings (SSSR count). The van der Waals surface area contributed by atoms with Gasteiger partial charge in [-0.1, -0.05) is 36.4 Å². The topological polar surface area (TPSA) is 82.5 Å². The summed E-state index contributed by atoms with van der Waals surface area (Å²) in [5, 5.41) is 12.7. The average molecular weight is 280 g/mol. The van der Waals surface area contributed by atoms with Gasteiger partial charge in [0.1, 0.15) is 6.04 Å². The van der Waals surface area contributed by atoms with Crippen LogP contribution in [0.4, 0.5) is 0 Å². The highest BCUT2D eigenvalue weighted by Gasteiger charge is 2.22. The molecule has 0 saturated carbocycles. The standard InChI is InChI=1S/C15H16N6/c1-11(16)14(13-9-5-6-10-17-13)21-19-15(18-20-21)12-7-3-2-4-8-12/h2-11,14H,16H2,1H3. The smallest absolute Gasteiger partial charge is 0.204 e. The van der Waals surface area contributed by atoms with Crippen LogP contribution in [0.15, 0.2) is 54.7 Å². The van der Waals surface area contributed by atoms with Gasteiger partial charge in [-0.15, -0.1) is 10.2 Å². The van der Waals surface area contributed by atoms with Crippen molar-refractivity contribution in [1.29, 1.82) is 0 Å². The molecule has 6 heteroatoms. The SMILES string of the molecule is CC(N)C(c1ccccn1)n1nnc(-c2ccccc2)n1. The Balaban J connectivity index is 1.97. The summed E-state index contributed by atoms with van der Waals surface area (Å²) in [6.45, 7) is 1.91. The van der Waals surface area contributed by atoms with Crippen LogP contribution in [0.25, 0.3) is 11.4 Å². The molecule has 3 aromatic rings. The molecule has 1 aromatic carbocycles. The van der Waals surface area contributed by atoms with Gasteiger partial charge in [0.15, 0.2) is 0 Å². The third kappa shape index (κ3) is 2.80. The van der Waals surface area contributed by atoms with Crippen LogP contribution in [0.5, 0.6) is 0 Å². The van der Waals surface area contributed by atoms with E-state index >= 15 is 0 Å². The molecule has 0 fully saturated rings. The van der Waals surface area contributed by atoms with Crippen LogP contribution in [-0.2, 0) is 0 Å². The third-order valence-corrected chi connectivity index (χ3v) is 3.20. The Labute approximate surface area is 122 Å². The lowest BCUT2D eigenvalue weighted by Crippen LogP contribution is -2.32. The molecule has 0 spiro atoms. The van der Waals surface area contributed by atoms with E-state index < -0.39 is 0 Å². The number of benzene rings is 1. The van der Waals surface area contributed by atoms with Gasteiger partial charge in [-0.25, -0.2) is 0 Å². The quantitative estimate of drug-likeness (QED) is 0.786. The molecule has 0 amide bonds. The normalized spacial score (nSPS) is 13.8. The van der Waals surface area contributed by atoms with E-state index in [0.29, 0.717) is 5.82 Å². The van der Waals surface area contributed by atoms with Crippen molar-refractivity contribution in [2.24, 2.45) is 5.73 Å². The summed E-state index contributed by atoms with van der Waals surface area (Å²) in [6.07, 6.45) is 1.74. The van der Waals surface area contributed by atoms with E-state index in [9.17, 15) is 0 Å². The Morgan fingerprint density at radius 1 is 1.05 bits per heavy atom. The molecule has 0 aliphatic carbocycles.